The molecular weight excluding hydrogens is 372 g/mol. The van der Waals surface area contributed by atoms with E-state index in [0.29, 0.717) is 12.3 Å². The Morgan fingerprint density at radius 2 is 2.04 bits per heavy atom. The highest BCUT2D eigenvalue weighted by molar-refractivity contribution is 9.10. The zero-order valence-electron chi connectivity index (χ0n) is 14.7. The number of ether oxygens (including phenoxy) is 2. The average molecular weight is 399 g/mol. The van der Waals surface area contributed by atoms with Gasteiger partial charge in [-0.15, -0.1) is 0 Å². The van der Waals surface area contributed by atoms with E-state index in [4.69, 9.17) is 9.47 Å². The first kappa shape index (κ1) is 19.2. The van der Waals surface area contributed by atoms with Gasteiger partial charge in [0.05, 0.1) is 17.7 Å². The van der Waals surface area contributed by atoms with Crippen molar-refractivity contribution in [3.05, 3.63) is 28.2 Å². The Hall–Kier alpha value is -1.11. The van der Waals surface area contributed by atoms with Crippen molar-refractivity contribution in [2.45, 2.75) is 26.2 Å². The molecule has 5 nitrogen and oxygen atoms in total. The third-order valence-corrected chi connectivity index (χ3v) is 4.63. The summed E-state index contributed by atoms with van der Waals surface area (Å²) >= 11 is 3.52. The Balaban J connectivity index is 1.73. The van der Waals surface area contributed by atoms with Crippen molar-refractivity contribution in [2.75, 3.05) is 46.0 Å². The molecule has 0 aromatic heterocycles. The van der Waals surface area contributed by atoms with E-state index in [2.05, 4.69) is 46.9 Å². The van der Waals surface area contributed by atoms with Crippen molar-refractivity contribution in [1.29, 1.82) is 0 Å². The average Bonchev–Trinajstić information content (AvgIpc) is 2.54. The van der Waals surface area contributed by atoms with Crippen molar-refractivity contribution >= 4 is 21.8 Å². The Labute approximate surface area is 152 Å². The minimum atomic E-state index is -0.102. The number of nitrogens with one attached hydrogen (secondary N) is 1. The molecule has 1 aliphatic rings. The van der Waals surface area contributed by atoms with Gasteiger partial charge in [0, 0.05) is 26.2 Å². The van der Waals surface area contributed by atoms with E-state index in [1.54, 1.807) is 0 Å². The topological polar surface area (TPSA) is 50.8 Å². The summed E-state index contributed by atoms with van der Waals surface area (Å²) < 4.78 is 11.8. The van der Waals surface area contributed by atoms with Crippen molar-refractivity contribution < 1.29 is 14.3 Å². The van der Waals surface area contributed by atoms with Gasteiger partial charge >= 0.3 is 0 Å². The maximum atomic E-state index is 11.9. The minimum Gasteiger partial charge on any atom is -0.483 e. The number of benzene rings is 1. The lowest BCUT2D eigenvalue weighted by Crippen LogP contribution is -2.42. The molecule has 1 amide bonds. The highest BCUT2D eigenvalue weighted by atomic mass is 79.9. The second kappa shape index (κ2) is 8.83. The third-order valence-electron chi connectivity index (χ3n) is 4.01. The molecule has 0 spiro atoms. The number of morpholine rings is 1. The third kappa shape index (κ3) is 6.07. The summed E-state index contributed by atoms with van der Waals surface area (Å²) in [5.41, 5.74) is 1.30. The Kier molecular flexibility index (Phi) is 7.07. The first-order chi connectivity index (χ1) is 11.4. The van der Waals surface area contributed by atoms with Gasteiger partial charge in [0.15, 0.2) is 6.61 Å². The van der Waals surface area contributed by atoms with Gasteiger partial charge in [-0.05, 0) is 39.0 Å². The molecule has 1 heterocycles. The molecule has 2 rings (SSSR count). The highest BCUT2D eigenvalue weighted by Gasteiger charge is 2.16. The predicted molar refractivity (Wildman–Crippen MR) is 98.6 cm³/mol. The quantitative estimate of drug-likeness (QED) is 0.799. The Morgan fingerprint density at radius 3 is 2.67 bits per heavy atom. The molecule has 0 bridgehead atoms. The first-order valence-electron chi connectivity index (χ1n) is 8.36. The maximum absolute atomic E-state index is 11.9. The van der Waals surface area contributed by atoms with Crippen LogP contribution in [0.25, 0.3) is 0 Å². The summed E-state index contributed by atoms with van der Waals surface area (Å²) in [7, 11) is 0. The summed E-state index contributed by atoms with van der Waals surface area (Å²) in [4.78, 5) is 14.2. The molecule has 0 aliphatic carbocycles. The van der Waals surface area contributed by atoms with E-state index in [-0.39, 0.29) is 17.9 Å². The van der Waals surface area contributed by atoms with Gasteiger partial charge in [-0.25, -0.2) is 0 Å². The van der Waals surface area contributed by atoms with Crippen molar-refractivity contribution in [1.82, 2.24) is 10.2 Å². The molecule has 6 heteroatoms. The van der Waals surface area contributed by atoms with Crippen LogP contribution in [-0.2, 0) is 14.9 Å². The van der Waals surface area contributed by atoms with Gasteiger partial charge in [-0.3, -0.25) is 9.69 Å². The maximum Gasteiger partial charge on any atom is 0.257 e. The Morgan fingerprint density at radius 1 is 1.33 bits per heavy atom. The number of halogens is 1. The van der Waals surface area contributed by atoms with E-state index in [1.165, 1.54) is 5.56 Å². The molecule has 0 unspecified atom stereocenters. The van der Waals surface area contributed by atoms with E-state index >= 15 is 0 Å². The van der Waals surface area contributed by atoms with Crippen LogP contribution >= 0.6 is 15.9 Å². The molecule has 0 saturated carbocycles. The van der Waals surface area contributed by atoms with Crippen molar-refractivity contribution in [3.8, 4) is 5.75 Å². The van der Waals surface area contributed by atoms with Crippen LogP contribution in [0.2, 0.25) is 0 Å². The summed E-state index contributed by atoms with van der Waals surface area (Å²) in [6.45, 7) is 11.4. The molecule has 1 aromatic rings. The summed E-state index contributed by atoms with van der Waals surface area (Å²) in [6, 6.07) is 5.99. The number of amides is 1. The molecule has 1 aromatic carbocycles. The molecule has 24 heavy (non-hydrogen) atoms. The van der Waals surface area contributed by atoms with Gasteiger partial charge in [0.25, 0.3) is 5.91 Å². The highest BCUT2D eigenvalue weighted by Crippen LogP contribution is 2.31. The van der Waals surface area contributed by atoms with Crippen LogP contribution in [0.15, 0.2) is 22.7 Å². The monoisotopic (exact) mass is 398 g/mol. The van der Waals surface area contributed by atoms with Crippen LogP contribution in [0.3, 0.4) is 0 Å². The number of nitrogens with zero attached hydrogens (tertiary/aromatic N) is 1. The lowest BCUT2D eigenvalue weighted by Gasteiger charge is -2.26. The zero-order chi connectivity index (χ0) is 17.6. The van der Waals surface area contributed by atoms with Crippen molar-refractivity contribution in [2.24, 2.45) is 0 Å². The standard InChI is InChI=1S/C18H27BrN2O3/c1-18(2,3)14-4-5-16(15(19)12-14)24-13-17(22)20-6-7-21-8-10-23-11-9-21/h4-5,12H,6-11,13H2,1-3H3,(H,20,22). The molecular formula is C18H27BrN2O3. The second-order valence-electron chi connectivity index (χ2n) is 6.99. The summed E-state index contributed by atoms with van der Waals surface area (Å²) in [6.07, 6.45) is 0. The second-order valence-corrected chi connectivity index (χ2v) is 7.84. The zero-order valence-corrected chi connectivity index (χ0v) is 16.3. The largest absolute Gasteiger partial charge is 0.483 e. The van der Waals surface area contributed by atoms with Gasteiger partial charge in [0.2, 0.25) is 0 Å². The van der Waals surface area contributed by atoms with Gasteiger partial charge < -0.3 is 14.8 Å². The lowest BCUT2D eigenvalue weighted by molar-refractivity contribution is -0.123. The van der Waals surface area contributed by atoms with E-state index in [1.807, 2.05) is 18.2 Å². The van der Waals surface area contributed by atoms with Crippen LogP contribution in [0.4, 0.5) is 0 Å². The number of hydrogen-bond acceptors (Lipinski definition) is 4. The number of carbonyl (C=O) groups is 1. The van der Waals surface area contributed by atoms with E-state index in [0.717, 1.165) is 37.3 Å². The lowest BCUT2D eigenvalue weighted by atomic mass is 9.87. The van der Waals surface area contributed by atoms with Gasteiger partial charge in [-0.2, -0.15) is 0 Å². The first-order valence-corrected chi connectivity index (χ1v) is 9.15. The summed E-state index contributed by atoms with van der Waals surface area (Å²) in [5.74, 6) is 0.585. The fourth-order valence-electron chi connectivity index (χ4n) is 2.46. The van der Waals surface area contributed by atoms with Crippen LogP contribution in [0.5, 0.6) is 5.75 Å². The molecule has 1 aliphatic heterocycles. The number of carbonyl (C=O) groups excluding carboxylic acids is 1. The van der Waals surface area contributed by atoms with E-state index < -0.39 is 0 Å². The van der Waals surface area contributed by atoms with Crippen LogP contribution in [0.1, 0.15) is 26.3 Å². The van der Waals surface area contributed by atoms with Gasteiger partial charge in [-0.1, -0.05) is 26.8 Å². The molecule has 1 N–H and O–H groups in total. The van der Waals surface area contributed by atoms with Crippen LogP contribution in [0, 0.1) is 0 Å². The predicted octanol–water partition coefficient (Wildman–Crippen LogP) is 2.57. The molecule has 0 atom stereocenters. The Bertz CT molecular complexity index is 552. The number of hydrogen-bond donors (Lipinski definition) is 1. The normalized spacial score (nSPS) is 16.0. The molecule has 0 radical (unpaired) electrons. The van der Waals surface area contributed by atoms with Crippen molar-refractivity contribution in [3.63, 3.8) is 0 Å². The van der Waals surface area contributed by atoms with Gasteiger partial charge in [0.1, 0.15) is 5.75 Å². The smallest absolute Gasteiger partial charge is 0.257 e. The fraction of sp³-hybridized carbons (Fsp3) is 0.611. The van der Waals surface area contributed by atoms with Crippen LogP contribution < -0.4 is 10.1 Å². The van der Waals surface area contributed by atoms with E-state index in [9.17, 15) is 4.79 Å². The summed E-state index contributed by atoms with van der Waals surface area (Å²) in [5, 5.41) is 2.89. The molecule has 1 saturated heterocycles. The SMILES string of the molecule is CC(C)(C)c1ccc(OCC(=O)NCCN2CCOCC2)c(Br)c1. The minimum absolute atomic E-state index is 0.0244. The number of rotatable bonds is 6. The van der Waals surface area contributed by atoms with Crippen LogP contribution in [-0.4, -0.2) is 56.8 Å². The molecule has 134 valence electrons. The molecule has 1 fully saturated rings. The fourth-order valence-corrected chi connectivity index (χ4v) is 2.95.